The molecule has 3 N–H and O–H groups in total. The van der Waals surface area contributed by atoms with E-state index in [1.54, 1.807) is 12.1 Å². The third-order valence-corrected chi connectivity index (χ3v) is 4.09. The molecule has 146 valence electrons. The molecule has 0 saturated carbocycles. The third kappa shape index (κ3) is 4.33. The van der Waals surface area contributed by atoms with E-state index in [1.807, 2.05) is 12.1 Å². The predicted octanol–water partition coefficient (Wildman–Crippen LogP) is 5.74. The zero-order valence-electron chi connectivity index (χ0n) is 15.3. The minimum Gasteiger partial charge on any atom is -0.437 e. The molecule has 8 heteroatoms. The van der Waals surface area contributed by atoms with Crippen LogP contribution in [0.15, 0.2) is 54.9 Å². The SMILES string of the molecule is CC(C)c1ccc(Oc2ncnc(Nc3ccccc3C(F)(F)F)c2N)cc1. The number of nitrogen functional groups attached to an aromatic ring is 1. The monoisotopic (exact) mass is 388 g/mol. The number of rotatable bonds is 5. The Balaban J connectivity index is 1.86. The average Bonchev–Trinajstić information content (AvgIpc) is 2.65. The first-order valence-corrected chi connectivity index (χ1v) is 8.57. The van der Waals surface area contributed by atoms with Gasteiger partial charge in [-0.3, -0.25) is 0 Å². The number of alkyl halides is 3. The highest BCUT2D eigenvalue weighted by Gasteiger charge is 2.33. The maximum atomic E-state index is 13.2. The second-order valence-corrected chi connectivity index (χ2v) is 6.44. The lowest BCUT2D eigenvalue weighted by molar-refractivity contribution is -0.136. The van der Waals surface area contributed by atoms with Gasteiger partial charge >= 0.3 is 6.18 Å². The number of hydrogen-bond acceptors (Lipinski definition) is 5. The van der Waals surface area contributed by atoms with Crippen LogP contribution in [0.4, 0.5) is 30.4 Å². The molecule has 0 saturated heterocycles. The second kappa shape index (κ2) is 7.75. The van der Waals surface area contributed by atoms with Gasteiger partial charge in [0.05, 0.1) is 11.3 Å². The van der Waals surface area contributed by atoms with E-state index in [9.17, 15) is 13.2 Å². The highest BCUT2D eigenvalue weighted by molar-refractivity contribution is 5.74. The summed E-state index contributed by atoms with van der Waals surface area (Å²) in [5.41, 5.74) is 6.20. The Bertz CT molecular complexity index is 956. The molecule has 28 heavy (non-hydrogen) atoms. The first kappa shape index (κ1) is 19.5. The molecule has 2 aromatic carbocycles. The fraction of sp³-hybridized carbons (Fsp3) is 0.200. The van der Waals surface area contributed by atoms with E-state index in [0.717, 1.165) is 11.6 Å². The highest BCUT2D eigenvalue weighted by atomic mass is 19.4. The second-order valence-electron chi connectivity index (χ2n) is 6.44. The van der Waals surface area contributed by atoms with Crippen LogP contribution in [-0.4, -0.2) is 9.97 Å². The summed E-state index contributed by atoms with van der Waals surface area (Å²) >= 11 is 0. The molecule has 0 amide bonds. The Morgan fingerprint density at radius 3 is 2.32 bits per heavy atom. The molecule has 0 aliphatic heterocycles. The Hall–Kier alpha value is -3.29. The summed E-state index contributed by atoms with van der Waals surface area (Å²) in [4.78, 5) is 7.93. The van der Waals surface area contributed by atoms with Gasteiger partial charge in [-0.1, -0.05) is 38.1 Å². The van der Waals surface area contributed by atoms with Gasteiger partial charge in [0, 0.05) is 0 Å². The number of nitrogens with zero attached hydrogens (tertiary/aromatic N) is 2. The van der Waals surface area contributed by atoms with E-state index >= 15 is 0 Å². The number of hydrogen-bond donors (Lipinski definition) is 2. The maximum absolute atomic E-state index is 13.2. The fourth-order valence-corrected chi connectivity index (χ4v) is 2.56. The van der Waals surface area contributed by atoms with Gasteiger partial charge in [-0.15, -0.1) is 0 Å². The molecule has 0 atom stereocenters. The van der Waals surface area contributed by atoms with Gasteiger partial charge < -0.3 is 15.8 Å². The van der Waals surface area contributed by atoms with Crippen molar-refractivity contribution in [1.29, 1.82) is 0 Å². The molecule has 5 nitrogen and oxygen atoms in total. The normalized spacial score (nSPS) is 11.5. The minimum atomic E-state index is -4.51. The molecular formula is C20H19F3N4O. The lowest BCUT2D eigenvalue weighted by Crippen LogP contribution is -2.10. The van der Waals surface area contributed by atoms with Crippen molar-refractivity contribution in [3.63, 3.8) is 0 Å². The van der Waals surface area contributed by atoms with E-state index in [1.165, 1.54) is 24.5 Å². The molecular weight excluding hydrogens is 369 g/mol. The van der Waals surface area contributed by atoms with Gasteiger partial charge in [-0.2, -0.15) is 18.2 Å². The number of aromatic nitrogens is 2. The molecule has 1 aromatic heterocycles. The van der Waals surface area contributed by atoms with Crippen LogP contribution >= 0.6 is 0 Å². The Morgan fingerprint density at radius 1 is 1.00 bits per heavy atom. The summed E-state index contributed by atoms with van der Waals surface area (Å²) in [5, 5.41) is 2.62. The molecule has 3 aromatic rings. The Kier molecular flexibility index (Phi) is 5.39. The summed E-state index contributed by atoms with van der Waals surface area (Å²) in [6, 6.07) is 12.5. The lowest BCUT2D eigenvalue weighted by atomic mass is 10.0. The first-order chi connectivity index (χ1) is 13.3. The summed E-state index contributed by atoms with van der Waals surface area (Å²) in [7, 11) is 0. The molecule has 0 aliphatic rings. The number of nitrogens with one attached hydrogen (secondary N) is 1. The zero-order chi connectivity index (χ0) is 20.3. The molecule has 1 heterocycles. The number of ether oxygens (including phenoxy) is 1. The first-order valence-electron chi connectivity index (χ1n) is 8.57. The number of nitrogens with two attached hydrogens (primary N) is 1. The van der Waals surface area contributed by atoms with Crippen LogP contribution in [0.3, 0.4) is 0 Å². The van der Waals surface area contributed by atoms with Crippen molar-refractivity contribution in [2.45, 2.75) is 25.9 Å². The highest BCUT2D eigenvalue weighted by Crippen LogP contribution is 2.37. The van der Waals surface area contributed by atoms with E-state index in [4.69, 9.17) is 10.5 Å². The molecule has 0 spiro atoms. The van der Waals surface area contributed by atoms with Crippen molar-refractivity contribution in [3.05, 3.63) is 66.0 Å². The number of anilines is 3. The van der Waals surface area contributed by atoms with Crippen LogP contribution in [-0.2, 0) is 6.18 Å². The standard InChI is InChI=1S/C20H19F3N4O/c1-12(2)13-7-9-14(10-8-13)28-19-17(24)18(25-11-26-19)27-16-6-4-3-5-15(16)20(21,22)23/h3-12H,24H2,1-2H3,(H,25,26,27). The number of halogens is 3. The number of benzene rings is 2. The van der Waals surface area contributed by atoms with Gasteiger partial charge in [-0.25, -0.2) is 4.98 Å². The van der Waals surface area contributed by atoms with Crippen molar-refractivity contribution in [2.75, 3.05) is 11.1 Å². The third-order valence-electron chi connectivity index (χ3n) is 4.09. The van der Waals surface area contributed by atoms with E-state index in [-0.39, 0.29) is 23.1 Å². The number of para-hydroxylation sites is 1. The van der Waals surface area contributed by atoms with Crippen LogP contribution < -0.4 is 15.8 Å². The van der Waals surface area contributed by atoms with Gasteiger partial charge in [0.1, 0.15) is 17.8 Å². The van der Waals surface area contributed by atoms with Gasteiger partial charge in [-0.05, 0) is 35.7 Å². The van der Waals surface area contributed by atoms with Crippen LogP contribution in [0.2, 0.25) is 0 Å². The van der Waals surface area contributed by atoms with Crippen LogP contribution in [0.5, 0.6) is 11.6 Å². The van der Waals surface area contributed by atoms with Crippen LogP contribution in [0, 0.1) is 0 Å². The van der Waals surface area contributed by atoms with Gasteiger partial charge in [0.2, 0.25) is 5.88 Å². The van der Waals surface area contributed by atoms with Crippen LogP contribution in [0.25, 0.3) is 0 Å². The Labute approximate surface area is 160 Å². The zero-order valence-corrected chi connectivity index (χ0v) is 15.3. The fourth-order valence-electron chi connectivity index (χ4n) is 2.56. The molecule has 3 rings (SSSR count). The lowest BCUT2D eigenvalue weighted by Gasteiger charge is -2.16. The van der Waals surface area contributed by atoms with Gasteiger partial charge in [0.25, 0.3) is 0 Å². The minimum absolute atomic E-state index is 0.00686. The van der Waals surface area contributed by atoms with Crippen molar-refractivity contribution in [3.8, 4) is 11.6 Å². The van der Waals surface area contributed by atoms with E-state index in [2.05, 4.69) is 29.1 Å². The predicted molar refractivity (Wildman–Crippen MR) is 102 cm³/mol. The average molecular weight is 388 g/mol. The summed E-state index contributed by atoms with van der Waals surface area (Å²) in [5.74, 6) is 0.971. The quantitative estimate of drug-likeness (QED) is 0.583. The van der Waals surface area contributed by atoms with Crippen molar-refractivity contribution in [2.24, 2.45) is 0 Å². The Morgan fingerprint density at radius 2 is 1.68 bits per heavy atom. The topological polar surface area (TPSA) is 73.1 Å². The van der Waals surface area contributed by atoms with Crippen LogP contribution in [0.1, 0.15) is 30.9 Å². The van der Waals surface area contributed by atoms with Crippen molar-refractivity contribution in [1.82, 2.24) is 9.97 Å². The molecule has 0 bridgehead atoms. The van der Waals surface area contributed by atoms with E-state index in [0.29, 0.717) is 11.7 Å². The summed E-state index contributed by atoms with van der Waals surface area (Å²) in [6.07, 6.45) is -3.34. The molecule has 0 radical (unpaired) electrons. The van der Waals surface area contributed by atoms with E-state index < -0.39 is 11.7 Å². The molecule has 0 aliphatic carbocycles. The maximum Gasteiger partial charge on any atom is 0.418 e. The largest absolute Gasteiger partial charge is 0.437 e. The summed E-state index contributed by atoms with van der Waals surface area (Å²) in [6.45, 7) is 4.16. The van der Waals surface area contributed by atoms with Gasteiger partial charge in [0.15, 0.2) is 5.82 Å². The van der Waals surface area contributed by atoms with Crippen molar-refractivity contribution < 1.29 is 17.9 Å². The summed E-state index contributed by atoms with van der Waals surface area (Å²) < 4.78 is 45.2. The molecule has 0 fully saturated rings. The molecule has 0 unspecified atom stereocenters. The smallest absolute Gasteiger partial charge is 0.418 e. The van der Waals surface area contributed by atoms with Crippen molar-refractivity contribution >= 4 is 17.2 Å².